The highest BCUT2D eigenvalue weighted by atomic mass is 127. The van der Waals surface area contributed by atoms with E-state index >= 15 is 0 Å². The van der Waals surface area contributed by atoms with Crippen LogP contribution >= 0.6 is 22.6 Å². The molecule has 0 radical (unpaired) electrons. The van der Waals surface area contributed by atoms with E-state index in [0.717, 1.165) is 31.6 Å². The van der Waals surface area contributed by atoms with Crippen molar-refractivity contribution in [3.8, 4) is 28.0 Å². The highest BCUT2D eigenvalue weighted by Crippen LogP contribution is 2.29. The number of hydrogen-bond acceptors (Lipinski definition) is 2. The molecule has 0 aliphatic rings. The summed E-state index contributed by atoms with van der Waals surface area (Å²) in [6.07, 6.45) is 2.11. The molecule has 0 amide bonds. The smallest absolute Gasteiger partial charge is 0.307 e. The number of aliphatic carboxylic acids is 1. The van der Waals surface area contributed by atoms with Gasteiger partial charge in [0, 0.05) is 0 Å². The first-order chi connectivity index (χ1) is 19.1. The van der Waals surface area contributed by atoms with Gasteiger partial charge >= 0.3 is 5.97 Å². The molecule has 0 aliphatic heterocycles. The molecule has 0 saturated heterocycles. The molecule has 192 valence electrons. The number of benzene rings is 5. The molecular weight excluding hydrogens is 595 g/mol. The summed E-state index contributed by atoms with van der Waals surface area (Å²) in [5.74, 6) is -0.109. The third-order valence-electron chi connectivity index (χ3n) is 6.48. The molecule has 0 aromatic heterocycles. The first-order valence-electron chi connectivity index (χ1n) is 12.7. The molecule has 0 fully saturated rings. The Balaban J connectivity index is 1.42. The van der Waals surface area contributed by atoms with Crippen molar-refractivity contribution in [3.63, 3.8) is 0 Å². The van der Waals surface area contributed by atoms with Gasteiger partial charge in [0.25, 0.3) is 0 Å². The van der Waals surface area contributed by atoms with Crippen LogP contribution in [0.5, 0.6) is 5.75 Å². The van der Waals surface area contributed by atoms with Gasteiger partial charge in [0.15, 0.2) is 0 Å². The van der Waals surface area contributed by atoms with E-state index in [1.807, 2.05) is 24.3 Å². The van der Waals surface area contributed by atoms with Crippen molar-refractivity contribution in [2.24, 2.45) is 0 Å². The average Bonchev–Trinajstić information content (AvgIpc) is 2.97. The molecule has 0 saturated carbocycles. The number of hydrogen-bond donors (Lipinski definition) is 1. The minimum Gasteiger partial charge on any atom is -0.488 e. The zero-order valence-corrected chi connectivity index (χ0v) is 23.4. The molecule has 3 nitrogen and oxygen atoms in total. The van der Waals surface area contributed by atoms with E-state index in [9.17, 15) is 4.79 Å². The summed E-state index contributed by atoms with van der Waals surface area (Å²) in [6.45, 7) is 0.379. The maximum Gasteiger partial charge on any atom is 0.307 e. The molecule has 0 atom stereocenters. The second-order valence-electron chi connectivity index (χ2n) is 9.15. The van der Waals surface area contributed by atoms with Crippen LogP contribution in [0.15, 0.2) is 133 Å². The minimum atomic E-state index is -0.844. The largest absolute Gasteiger partial charge is 0.488 e. The molecule has 0 spiro atoms. The van der Waals surface area contributed by atoms with Crippen molar-refractivity contribution < 1.29 is 14.6 Å². The van der Waals surface area contributed by atoms with Crippen LogP contribution in [-0.2, 0) is 11.2 Å². The molecule has 39 heavy (non-hydrogen) atoms. The number of halogens is 1. The number of carboxylic acid groups (broad SMARTS) is 1. The van der Waals surface area contributed by atoms with E-state index in [1.165, 1.54) is 22.3 Å². The molecular formula is C35H27IO3. The van der Waals surface area contributed by atoms with E-state index in [-0.39, 0.29) is 6.42 Å². The average molecular weight is 623 g/mol. The van der Waals surface area contributed by atoms with E-state index in [4.69, 9.17) is 9.84 Å². The van der Waals surface area contributed by atoms with Crippen molar-refractivity contribution in [2.75, 3.05) is 6.61 Å². The zero-order chi connectivity index (χ0) is 27.0. The lowest BCUT2D eigenvalue weighted by atomic mass is 9.94. The predicted molar refractivity (Wildman–Crippen MR) is 167 cm³/mol. The highest BCUT2D eigenvalue weighted by Gasteiger charge is 2.09. The molecule has 0 aliphatic carbocycles. The van der Waals surface area contributed by atoms with E-state index in [2.05, 4.69) is 126 Å². The highest BCUT2D eigenvalue weighted by molar-refractivity contribution is 14.1. The van der Waals surface area contributed by atoms with Gasteiger partial charge in [-0.3, -0.25) is 4.79 Å². The Morgan fingerprint density at radius 2 is 1.15 bits per heavy atom. The van der Waals surface area contributed by atoms with Crippen LogP contribution in [0.2, 0.25) is 0 Å². The van der Waals surface area contributed by atoms with E-state index in [0.29, 0.717) is 6.61 Å². The second-order valence-corrected chi connectivity index (χ2v) is 10.3. The van der Waals surface area contributed by atoms with Gasteiger partial charge < -0.3 is 9.84 Å². The van der Waals surface area contributed by atoms with Crippen LogP contribution < -0.4 is 4.74 Å². The van der Waals surface area contributed by atoms with Gasteiger partial charge in [-0.1, -0.05) is 115 Å². The molecule has 5 aromatic rings. The Labute approximate surface area is 242 Å². The molecule has 0 heterocycles. The summed E-state index contributed by atoms with van der Waals surface area (Å²) in [6, 6.07) is 43.5. The zero-order valence-electron chi connectivity index (χ0n) is 21.3. The molecule has 4 heteroatoms. The number of carboxylic acids is 1. The lowest BCUT2D eigenvalue weighted by Crippen LogP contribution is -2.02. The summed E-state index contributed by atoms with van der Waals surface area (Å²) >= 11 is 2.19. The lowest BCUT2D eigenvalue weighted by molar-refractivity contribution is -0.136. The summed E-state index contributed by atoms with van der Waals surface area (Å²) in [5.41, 5.74) is 8.78. The number of rotatable bonds is 9. The first kappa shape index (κ1) is 26.4. The first-order valence-corrected chi connectivity index (χ1v) is 13.8. The van der Waals surface area contributed by atoms with Crippen molar-refractivity contribution in [1.29, 1.82) is 0 Å². The van der Waals surface area contributed by atoms with Crippen molar-refractivity contribution >= 4 is 34.1 Å². The monoisotopic (exact) mass is 622 g/mol. The van der Waals surface area contributed by atoms with Gasteiger partial charge in [0.05, 0.1) is 9.99 Å². The Hall–Kier alpha value is -4.16. The van der Waals surface area contributed by atoms with Crippen LogP contribution in [0.4, 0.5) is 0 Å². The third kappa shape index (κ3) is 6.84. The Kier molecular flexibility index (Phi) is 8.54. The quantitative estimate of drug-likeness (QED) is 0.167. The van der Waals surface area contributed by atoms with Crippen LogP contribution in [-0.4, -0.2) is 17.7 Å². The van der Waals surface area contributed by atoms with Gasteiger partial charge in [0.1, 0.15) is 12.4 Å². The van der Waals surface area contributed by atoms with Gasteiger partial charge in [-0.25, -0.2) is 0 Å². The van der Waals surface area contributed by atoms with Crippen molar-refractivity contribution in [2.45, 2.75) is 6.42 Å². The van der Waals surface area contributed by atoms with Crippen molar-refractivity contribution in [1.82, 2.24) is 0 Å². The topological polar surface area (TPSA) is 46.5 Å². The maximum atomic E-state index is 11.0. The molecule has 1 N–H and O–H groups in total. The van der Waals surface area contributed by atoms with Gasteiger partial charge in [-0.2, -0.15) is 0 Å². The normalized spacial score (nSPS) is 10.6. The fourth-order valence-corrected chi connectivity index (χ4v) is 5.24. The van der Waals surface area contributed by atoms with Gasteiger partial charge in [-0.15, -0.1) is 0 Å². The molecule has 0 unspecified atom stereocenters. The molecule has 5 aromatic carbocycles. The number of ether oxygens (including phenoxy) is 1. The summed E-state index contributed by atoms with van der Waals surface area (Å²) < 4.78 is 7.01. The summed E-state index contributed by atoms with van der Waals surface area (Å²) in [4.78, 5) is 11.0. The SMILES string of the molecule is O=C(O)Cc1ccc(OCC=C(c2ccc(-c3ccccc3)cc2)c2ccc(-c3ccccc3)cc2)c(I)c1. The summed E-state index contributed by atoms with van der Waals surface area (Å²) in [7, 11) is 0. The van der Waals surface area contributed by atoms with Crippen molar-refractivity contribution in [3.05, 3.63) is 154 Å². The number of carbonyl (C=O) groups is 1. The predicted octanol–water partition coefficient (Wildman–Crippen LogP) is 8.76. The van der Waals surface area contributed by atoms with E-state index < -0.39 is 5.97 Å². The van der Waals surface area contributed by atoms with Gasteiger partial charge in [-0.05, 0) is 85.3 Å². The molecule has 0 bridgehead atoms. The lowest BCUT2D eigenvalue weighted by Gasteiger charge is -2.13. The Bertz CT molecular complexity index is 1490. The van der Waals surface area contributed by atoms with Crippen LogP contribution in [0.3, 0.4) is 0 Å². The Morgan fingerprint density at radius 3 is 1.62 bits per heavy atom. The fourth-order valence-electron chi connectivity index (χ4n) is 4.51. The maximum absolute atomic E-state index is 11.0. The molecule has 5 rings (SSSR count). The standard InChI is InChI=1S/C35H27IO3/c36-33-23-25(24-35(37)38)11-20-34(33)39-22-21-32(30-16-12-28(13-17-30)26-7-3-1-4-8-26)31-18-14-29(15-19-31)27-9-5-2-6-10-27/h1-21,23H,22,24H2,(H,37,38). The van der Waals surface area contributed by atoms with Gasteiger partial charge in [0.2, 0.25) is 0 Å². The fraction of sp³-hybridized carbons (Fsp3) is 0.0571. The second kappa shape index (κ2) is 12.6. The third-order valence-corrected chi connectivity index (χ3v) is 7.33. The minimum absolute atomic E-state index is 0.00170. The van der Waals surface area contributed by atoms with Crippen LogP contribution in [0.25, 0.3) is 27.8 Å². The van der Waals surface area contributed by atoms with Crippen LogP contribution in [0, 0.1) is 3.57 Å². The summed E-state index contributed by atoms with van der Waals surface area (Å²) in [5, 5.41) is 9.07. The Morgan fingerprint density at radius 1 is 0.667 bits per heavy atom. The van der Waals surface area contributed by atoms with Crippen LogP contribution in [0.1, 0.15) is 16.7 Å². The van der Waals surface area contributed by atoms with E-state index in [1.54, 1.807) is 6.07 Å².